The van der Waals surface area contributed by atoms with Gasteiger partial charge in [-0.25, -0.2) is 0 Å². The molecule has 3 rings (SSSR count). The summed E-state index contributed by atoms with van der Waals surface area (Å²) in [6.45, 7) is 2.94. The van der Waals surface area contributed by atoms with Crippen molar-refractivity contribution in [3.05, 3.63) is 59.5 Å². The molecule has 1 aliphatic rings. The van der Waals surface area contributed by atoms with E-state index in [4.69, 9.17) is 18.9 Å². The topological polar surface area (TPSA) is 74.3 Å². The summed E-state index contributed by atoms with van der Waals surface area (Å²) in [5, 5.41) is 1.79. The van der Waals surface area contributed by atoms with Crippen LogP contribution < -0.4 is 14.2 Å². The van der Waals surface area contributed by atoms with Crippen molar-refractivity contribution in [2.75, 3.05) is 40.5 Å². The number of carbonyl (C=O) groups excluding carboxylic acids is 2. The van der Waals surface area contributed by atoms with Crippen molar-refractivity contribution in [3.63, 3.8) is 0 Å². The fourth-order valence-corrected chi connectivity index (χ4v) is 3.95. The van der Waals surface area contributed by atoms with Crippen LogP contribution in [0.15, 0.2) is 58.8 Å². The van der Waals surface area contributed by atoms with Crippen LogP contribution in [-0.2, 0) is 9.53 Å². The van der Waals surface area contributed by atoms with Crippen LogP contribution in [-0.4, -0.2) is 63.2 Å². The Balaban J connectivity index is 1.62. The lowest BCUT2D eigenvalue weighted by Gasteiger charge is -2.32. The number of amides is 1. The minimum atomic E-state index is -0.335. The number of methoxy groups -OCH3 is 2. The zero-order valence-corrected chi connectivity index (χ0v) is 19.2. The van der Waals surface area contributed by atoms with Crippen molar-refractivity contribution >= 4 is 23.5 Å². The number of hydrogen-bond acceptors (Lipinski definition) is 7. The number of nitrogens with zero attached hydrogens (tertiary/aromatic N) is 1. The molecule has 2 aromatic rings. The van der Waals surface area contributed by atoms with Gasteiger partial charge in [-0.1, -0.05) is 30.0 Å². The Morgan fingerprint density at radius 1 is 1.12 bits per heavy atom. The summed E-state index contributed by atoms with van der Waals surface area (Å²) in [5.74, 6) is 0.902. The van der Waals surface area contributed by atoms with Gasteiger partial charge in [-0.3, -0.25) is 9.59 Å². The van der Waals surface area contributed by atoms with Crippen LogP contribution >= 0.6 is 11.8 Å². The third-order valence-electron chi connectivity index (χ3n) is 4.90. The van der Waals surface area contributed by atoms with Gasteiger partial charge in [-0.15, -0.1) is 0 Å². The van der Waals surface area contributed by atoms with E-state index in [1.54, 1.807) is 28.5 Å². The molecule has 7 nitrogen and oxygen atoms in total. The average Bonchev–Trinajstić information content (AvgIpc) is 2.82. The number of benzene rings is 2. The molecule has 1 saturated heterocycles. The largest absolute Gasteiger partial charge is 0.493 e. The smallest absolute Gasteiger partial charge is 0.247 e. The predicted molar refractivity (Wildman–Crippen MR) is 123 cm³/mol. The van der Waals surface area contributed by atoms with E-state index in [0.29, 0.717) is 42.5 Å². The SMILES string of the molecule is COc1ccc(C(C)=O)c(OCC2CN(C(=O)/C=C/Sc3ccccc3)CCO2)c1OC. The van der Waals surface area contributed by atoms with Gasteiger partial charge in [0.25, 0.3) is 0 Å². The fourth-order valence-electron chi connectivity index (χ4n) is 3.29. The third kappa shape index (κ3) is 6.05. The van der Waals surface area contributed by atoms with E-state index in [2.05, 4.69) is 0 Å². The molecule has 2 aromatic carbocycles. The van der Waals surface area contributed by atoms with Crippen molar-refractivity contribution < 1.29 is 28.5 Å². The van der Waals surface area contributed by atoms with Crippen molar-refractivity contribution in [1.29, 1.82) is 0 Å². The van der Waals surface area contributed by atoms with E-state index >= 15 is 0 Å². The van der Waals surface area contributed by atoms with Gasteiger partial charge in [0, 0.05) is 17.5 Å². The molecule has 1 unspecified atom stereocenters. The van der Waals surface area contributed by atoms with Crippen LogP contribution in [0.5, 0.6) is 17.2 Å². The van der Waals surface area contributed by atoms with Gasteiger partial charge in [0.05, 0.1) is 32.9 Å². The molecule has 0 bridgehead atoms. The summed E-state index contributed by atoms with van der Waals surface area (Å²) in [7, 11) is 3.01. The summed E-state index contributed by atoms with van der Waals surface area (Å²) < 4.78 is 22.5. The number of ether oxygens (including phenoxy) is 4. The van der Waals surface area contributed by atoms with Crippen LogP contribution in [0, 0.1) is 0 Å². The molecular formula is C24H27NO6S. The minimum Gasteiger partial charge on any atom is -0.493 e. The molecule has 0 N–H and O–H groups in total. The number of Topliss-reactive ketones (excluding diaryl/α,β-unsaturated/α-hetero) is 1. The number of ketones is 1. The molecule has 1 aliphatic heterocycles. The summed E-state index contributed by atoms with van der Waals surface area (Å²) in [6.07, 6.45) is 1.23. The van der Waals surface area contributed by atoms with Crippen molar-refractivity contribution in [2.24, 2.45) is 0 Å². The molecule has 32 heavy (non-hydrogen) atoms. The summed E-state index contributed by atoms with van der Waals surface area (Å²) in [5.41, 5.74) is 0.396. The number of hydrogen-bond donors (Lipinski definition) is 0. The molecule has 170 valence electrons. The normalized spacial score (nSPS) is 16.1. The highest BCUT2D eigenvalue weighted by Crippen LogP contribution is 2.40. The van der Waals surface area contributed by atoms with E-state index in [1.807, 2.05) is 30.3 Å². The van der Waals surface area contributed by atoms with Gasteiger partial charge >= 0.3 is 0 Å². The number of rotatable bonds is 9. The highest BCUT2D eigenvalue weighted by atomic mass is 32.2. The standard InChI is InChI=1S/C24H27NO6S/c1-17(26)20-9-10-21(28-2)24(29-3)23(20)31-16-18-15-25(12-13-30-18)22(27)11-14-32-19-7-5-4-6-8-19/h4-11,14,18H,12-13,15-16H2,1-3H3/b14-11+. The van der Waals surface area contributed by atoms with Crippen LogP contribution in [0.3, 0.4) is 0 Å². The highest BCUT2D eigenvalue weighted by molar-refractivity contribution is 8.02. The van der Waals surface area contributed by atoms with E-state index in [1.165, 1.54) is 32.9 Å². The van der Waals surface area contributed by atoms with Gasteiger partial charge in [0.15, 0.2) is 17.3 Å². The minimum absolute atomic E-state index is 0.0786. The first kappa shape index (κ1) is 23.7. The van der Waals surface area contributed by atoms with Crippen LogP contribution in [0.2, 0.25) is 0 Å². The Labute approximate surface area is 192 Å². The number of thioether (sulfide) groups is 1. The monoisotopic (exact) mass is 457 g/mol. The molecule has 8 heteroatoms. The Hall–Kier alpha value is -2.97. The van der Waals surface area contributed by atoms with Gasteiger partial charge in [-0.2, -0.15) is 0 Å². The molecular weight excluding hydrogens is 430 g/mol. The maximum absolute atomic E-state index is 12.6. The van der Waals surface area contributed by atoms with Crippen LogP contribution in [0.25, 0.3) is 0 Å². The third-order valence-corrected chi connectivity index (χ3v) is 5.72. The zero-order chi connectivity index (χ0) is 22.9. The van der Waals surface area contributed by atoms with Gasteiger partial charge in [-0.05, 0) is 36.6 Å². The van der Waals surface area contributed by atoms with Crippen molar-refractivity contribution in [2.45, 2.75) is 17.9 Å². The quantitative estimate of drug-likeness (QED) is 0.322. The second-order valence-corrected chi connectivity index (χ2v) is 8.03. The molecule has 0 aliphatic carbocycles. The molecule has 1 amide bonds. The summed E-state index contributed by atoms with van der Waals surface area (Å²) in [4.78, 5) is 27.4. The van der Waals surface area contributed by atoms with E-state index < -0.39 is 0 Å². The van der Waals surface area contributed by atoms with Gasteiger partial charge < -0.3 is 23.8 Å². The zero-order valence-electron chi connectivity index (χ0n) is 18.4. The Bertz CT molecular complexity index is 962. The maximum Gasteiger partial charge on any atom is 0.247 e. The molecule has 0 radical (unpaired) electrons. The first-order chi connectivity index (χ1) is 15.5. The Morgan fingerprint density at radius 2 is 1.91 bits per heavy atom. The van der Waals surface area contributed by atoms with E-state index in [0.717, 1.165) is 4.90 Å². The van der Waals surface area contributed by atoms with Crippen LogP contribution in [0.4, 0.5) is 0 Å². The fraction of sp³-hybridized carbons (Fsp3) is 0.333. The van der Waals surface area contributed by atoms with Gasteiger partial charge in [0.1, 0.15) is 12.7 Å². The summed E-state index contributed by atoms with van der Waals surface area (Å²) in [6, 6.07) is 13.2. The summed E-state index contributed by atoms with van der Waals surface area (Å²) >= 11 is 1.49. The predicted octanol–water partition coefficient (Wildman–Crippen LogP) is 3.82. The molecule has 0 saturated carbocycles. The first-order valence-corrected chi connectivity index (χ1v) is 11.1. The lowest BCUT2D eigenvalue weighted by Crippen LogP contribution is -2.47. The number of carbonyl (C=O) groups is 2. The average molecular weight is 458 g/mol. The Morgan fingerprint density at radius 3 is 2.59 bits per heavy atom. The van der Waals surface area contributed by atoms with Crippen LogP contribution in [0.1, 0.15) is 17.3 Å². The molecule has 1 atom stereocenters. The molecule has 0 aromatic heterocycles. The maximum atomic E-state index is 12.6. The van der Waals surface area contributed by atoms with E-state index in [-0.39, 0.29) is 24.4 Å². The van der Waals surface area contributed by atoms with Gasteiger partial charge in [0.2, 0.25) is 11.7 Å². The van der Waals surface area contributed by atoms with Crippen molar-refractivity contribution in [3.8, 4) is 17.2 Å². The second-order valence-electron chi connectivity index (χ2n) is 7.06. The molecule has 1 fully saturated rings. The lowest BCUT2D eigenvalue weighted by atomic mass is 10.1. The van der Waals surface area contributed by atoms with Crippen molar-refractivity contribution in [1.82, 2.24) is 4.90 Å². The Kier molecular flexibility index (Phi) is 8.58. The molecule has 1 heterocycles. The number of morpholine rings is 1. The second kappa shape index (κ2) is 11.6. The first-order valence-electron chi connectivity index (χ1n) is 10.2. The lowest BCUT2D eigenvalue weighted by molar-refractivity contribution is -0.134. The molecule has 0 spiro atoms. The van der Waals surface area contributed by atoms with E-state index in [9.17, 15) is 9.59 Å². The highest BCUT2D eigenvalue weighted by Gasteiger charge is 2.26.